The Labute approximate surface area is 128 Å². The van der Waals surface area contributed by atoms with Crippen LogP contribution in [0.3, 0.4) is 0 Å². The lowest BCUT2D eigenvalue weighted by molar-refractivity contribution is 0.0946. The number of carbonyl (C=O) groups is 1. The standard InChI is InChI=1S/C17H18N4O/c22-17(15-9-12-5-1-2-6-14(12)20-15)18-10-13-11-19-21-8-4-3-7-16(13)21/h1-2,5-6,9,11,20H,3-4,7-8,10H2,(H,18,22). The van der Waals surface area contributed by atoms with Crippen molar-refractivity contribution in [3.05, 3.63) is 53.5 Å². The summed E-state index contributed by atoms with van der Waals surface area (Å²) in [7, 11) is 0. The second kappa shape index (κ2) is 5.33. The van der Waals surface area contributed by atoms with E-state index in [1.54, 1.807) is 0 Å². The van der Waals surface area contributed by atoms with Crippen molar-refractivity contribution in [2.45, 2.75) is 32.4 Å². The van der Waals surface area contributed by atoms with E-state index in [4.69, 9.17) is 0 Å². The van der Waals surface area contributed by atoms with Crippen molar-refractivity contribution in [1.29, 1.82) is 0 Å². The van der Waals surface area contributed by atoms with Crippen LogP contribution in [0.15, 0.2) is 36.5 Å². The number of rotatable bonds is 3. The molecular formula is C17H18N4O. The summed E-state index contributed by atoms with van der Waals surface area (Å²) < 4.78 is 2.06. The molecule has 5 heteroatoms. The molecule has 4 rings (SSSR count). The SMILES string of the molecule is O=C(NCc1cnn2c1CCCC2)c1cc2ccccc2[nH]1. The van der Waals surface area contributed by atoms with E-state index in [0.29, 0.717) is 12.2 Å². The maximum atomic E-state index is 12.3. The molecule has 5 nitrogen and oxygen atoms in total. The molecule has 0 saturated heterocycles. The summed E-state index contributed by atoms with van der Waals surface area (Å²) in [4.78, 5) is 15.5. The first-order valence-electron chi connectivity index (χ1n) is 7.71. The molecule has 0 aliphatic carbocycles. The number of aromatic amines is 1. The van der Waals surface area contributed by atoms with Gasteiger partial charge in [-0.1, -0.05) is 18.2 Å². The first-order valence-corrected chi connectivity index (χ1v) is 7.71. The number of nitrogens with one attached hydrogen (secondary N) is 2. The molecule has 1 amide bonds. The van der Waals surface area contributed by atoms with E-state index in [2.05, 4.69) is 20.1 Å². The van der Waals surface area contributed by atoms with E-state index in [1.807, 2.05) is 36.5 Å². The van der Waals surface area contributed by atoms with Crippen LogP contribution in [0.2, 0.25) is 0 Å². The molecule has 1 aliphatic heterocycles. The Kier molecular flexibility index (Phi) is 3.18. The molecule has 1 aliphatic rings. The molecule has 112 valence electrons. The van der Waals surface area contributed by atoms with Gasteiger partial charge in [-0.15, -0.1) is 0 Å². The Bertz CT molecular complexity index is 797. The van der Waals surface area contributed by atoms with Crippen molar-refractivity contribution < 1.29 is 4.79 Å². The fourth-order valence-corrected chi connectivity index (χ4v) is 3.10. The van der Waals surface area contributed by atoms with Crippen LogP contribution in [0.4, 0.5) is 0 Å². The van der Waals surface area contributed by atoms with Crippen molar-refractivity contribution in [3.63, 3.8) is 0 Å². The molecule has 0 fully saturated rings. The van der Waals surface area contributed by atoms with Gasteiger partial charge in [-0.2, -0.15) is 5.10 Å². The van der Waals surface area contributed by atoms with Gasteiger partial charge in [0.15, 0.2) is 0 Å². The van der Waals surface area contributed by atoms with Gasteiger partial charge in [-0.25, -0.2) is 0 Å². The summed E-state index contributed by atoms with van der Waals surface area (Å²) in [6.45, 7) is 1.52. The number of para-hydroxylation sites is 1. The number of hydrogen-bond acceptors (Lipinski definition) is 2. The van der Waals surface area contributed by atoms with Crippen LogP contribution in [0.5, 0.6) is 0 Å². The van der Waals surface area contributed by atoms with Crippen LogP contribution in [0.25, 0.3) is 10.9 Å². The molecule has 3 aromatic rings. The van der Waals surface area contributed by atoms with Crippen LogP contribution in [-0.4, -0.2) is 20.7 Å². The van der Waals surface area contributed by atoms with Gasteiger partial charge in [-0.3, -0.25) is 9.48 Å². The molecule has 0 radical (unpaired) electrons. The number of aryl methyl sites for hydroxylation is 1. The van der Waals surface area contributed by atoms with Crippen LogP contribution in [-0.2, 0) is 19.5 Å². The highest BCUT2D eigenvalue weighted by atomic mass is 16.1. The molecule has 22 heavy (non-hydrogen) atoms. The number of nitrogens with zero attached hydrogens (tertiary/aromatic N) is 2. The third kappa shape index (κ3) is 2.28. The molecule has 0 atom stereocenters. The summed E-state index contributed by atoms with van der Waals surface area (Å²) >= 11 is 0. The van der Waals surface area contributed by atoms with Gasteiger partial charge in [0.2, 0.25) is 0 Å². The van der Waals surface area contributed by atoms with E-state index in [9.17, 15) is 4.79 Å². The highest BCUT2D eigenvalue weighted by Crippen LogP contribution is 2.18. The lowest BCUT2D eigenvalue weighted by atomic mass is 10.1. The lowest BCUT2D eigenvalue weighted by Gasteiger charge is -2.14. The number of H-pyrrole nitrogens is 1. The molecular weight excluding hydrogens is 276 g/mol. The van der Waals surface area contributed by atoms with Crippen molar-refractivity contribution in [3.8, 4) is 0 Å². The van der Waals surface area contributed by atoms with Gasteiger partial charge >= 0.3 is 0 Å². The minimum Gasteiger partial charge on any atom is -0.351 e. The third-order valence-corrected chi connectivity index (χ3v) is 4.28. The Hall–Kier alpha value is -2.56. The predicted octanol–water partition coefficient (Wildman–Crippen LogP) is 2.63. The second-order valence-electron chi connectivity index (χ2n) is 5.75. The fraction of sp³-hybridized carbons (Fsp3) is 0.294. The topological polar surface area (TPSA) is 62.7 Å². The molecule has 1 aromatic carbocycles. The van der Waals surface area contributed by atoms with E-state index in [-0.39, 0.29) is 5.91 Å². The highest BCUT2D eigenvalue weighted by molar-refractivity contribution is 5.97. The zero-order chi connectivity index (χ0) is 14.9. The number of benzene rings is 1. The molecule has 3 heterocycles. The van der Waals surface area contributed by atoms with Gasteiger partial charge in [0.05, 0.1) is 6.20 Å². The summed E-state index contributed by atoms with van der Waals surface area (Å²) in [6, 6.07) is 9.78. The number of amides is 1. The summed E-state index contributed by atoms with van der Waals surface area (Å²) in [5.74, 6) is -0.0769. The largest absolute Gasteiger partial charge is 0.351 e. The Morgan fingerprint density at radius 3 is 3.14 bits per heavy atom. The van der Waals surface area contributed by atoms with Gasteiger partial charge in [0.1, 0.15) is 5.69 Å². The van der Waals surface area contributed by atoms with E-state index >= 15 is 0 Å². The molecule has 2 N–H and O–H groups in total. The Balaban J connectivity index is 1.49. The number of aromatic nitrogens is 3. The maximum Gasteiger partial charge on any atom is 0.267 e. The zero-order valence-electron chi connectivity index (χ0n) is 12.3. The molecule has 0 unspecified atom stereocenters. The average molecular weight is 294 g/mol. The molecule has 2 aromatic heterocycles. The van der Waals surface area contributed by atoms with Gasteiger partial charge in [-0.05, 0) is 31.4 Å². The van der Waals surface area contributed by atoms with E-state index < -0.39 is 0 Å². The predicted molar refractivity (Wildman–Crippen MR) is 84.6 cm³/mol. The minimum absolute atomic E-state index is 0.0769. The van der Waals surface area contributed by atoms with Crippen molar-refractivity contribution in [2.24, 2.45) is 0 Å². The van der Waals surface area contributed by atoms with E-state index in [1.165, 1.54) is 18.5 Å². The zero-order valence-corrected chi connectivity index (χ0v) is 12.3. The van der Waals surface area contributed by atoms with Crippen LogP contribution < -0.4 is 5.32 Å². The third-order valence-electron chi connectivity index (χ3n) is 4.28. The van der Waals surface area contributed by atoms with E-state index in [0.717, 1.165) is 29.4 Å². The smallest absolute Gasteiger partial charge is 0.267 e. The molecule has 0 saturated carbocycles. The van der Waals surface area contributed by atoms with Crippen LogP contribution in [0, 0.1) is 0 Å². The second-order valence-corrected chi connectivity index (χ2v) is 5.75. The van der Waals surface area contributed by atoms with Gasteiger partial charge in [0.25, 0.3) is 5.91 Å². The lowest BCUT2D eigenvalue weighted by Crippen LogP contribution is -2.24. The van der Waals surface area contributed by atoms with Crippen molar-refractivity contribution in [2.75, 3.05) is 0 Å². The maximum absolute atomic E-state index is 12.3. The molecule has 0 spiro atoms. The summed E-state index contributed by atoms with van der Waals surface area (Å²) in [5.41, 5.74) is 3.98. The van der Waals surface area contributed by atoms with Crippen LogP contribution in [0.1, 0.15) is 34.6 Å². The number of hydrogen-bond donors (Lipinski definition) is 2. The minimum atomic E-state index is -0.0769. The quantitative estimate of drug-likeness (QED) is 0.780. The van der Waals surface area contributed by atoms with Crippen molar-refractivity contribution >= 4 is 16.8 Å². The van der Waals surface area contributed by atoms with Crippen LogP contribution >= 0.6 is 0 Å². The molecule has 0 bridgehead atoms. The van der Waals surface area contributed by atoms with Crippen molar-refractivity contribution in [1.82, 2.24) is 20.1 Å². The summed E-state index contributed by atoms with van der Waals surface area (Å²) in [5, 5.41) is 8.44. The summed E-state index contributed by atoms with van der Waals surface area (Å²) in [6.07, 6.45) is 5.33. The number of carbonyl (C=O) groups excluding carboxylic acids is 1. The average Bonchev–Trinajstić information content (AvgIpc) is 3.16. The Morgan fingerprint density at radius 2 is 2.23 bits per heavy atom. The fourth-order valence-electron chi connectivity index (χ4n) is 3.10. The Morgan fingerprint density at radius 1 is 1.32 bits per heavy atom. The monoisotopic (exact) mass is 294 g/mol. The number of fused-ring (bicyclic) bond motifs is 2. The first-order chi connectivity index (χ1) is 10.8. The van der Waals surface area contributed by atoms with Gasteiger partial charge in [0, 0.05) is 35.2 Å². The normalized spacial score (nSPS) is 14.0. The first kappa shape index (κ1) is 13.1. The van der Waals surface area contributed by atoms with Gasteiger partial charge < -0.3 is 10.3 Å². The highest BCUT2D eigenvalue weighted by Gasteiger charge is 2.16.